The molecule has 0 amide bonds. The van der Waals surface area contributed by atoms with E-state index in [1.165, 1.54) is 0 Å². The van der Waals surface area contributed by atoms with Crippen molar-refractivity contribution >= 4 is 46.1 Å². The van der Waals surface area contributed by atoms with Crippen LogP contribution < -0.4 is 20.9 Å². The molecule has 4 aromatic rings. The zero-order valence-corrected chi connectivity index (χ0v) is 23.4. The van der Waals surface area contributed by atoms with Crippen molar-refractivity contribution in [3.63, 3.8) is 0 Å². The fourth-order valence-corrected chi connectivity index (χ4v) is 6.62. The highest BCUT2D eigenvalue weighted by atomic mass is 32.1. The second kappa shape index (κ2) is 10.0. The van der Waals surface area contributed by atoms with E-state index in [2.05, 4.69) is 48.8 Å². The second-order valence-electron chi connectivity index (χ2n) is 10.9. The Kier molecular flexibility index (Phi) is 6.96. The van der Waals surface area contributed by atoms with Gasteiger partial charge in [-0.3, -0.25) is 9.36 Å². The van der Waals surface area contributed by atoms with Crippen molar-refractivity contribution in [3.05, 3.63) is 58.9 Å². The van der Waals surface area contributed by atoms with Crippen LogP contribution in [-0.2, 0) is 11.5 Å². The number of rotatable bonds is 8. The first kappa shape index (κ1) is 25.0. The van der Waals surface area contributed by atoms with Gasteiger partial charge in [-0.2, -0.15) is 0 Å². The van der Waals surface area contributed by atoms with E-state index in [-0.39, 0.29) is 18.3 Å². The first-order valence-corrected chi connectivity index (χ1v) is 17.1. The Balaban J connectivity index is 1.61. The van der Waals surface area contributed by atoms with Gasteiger partial charge in [0.2, 0.25) is 0 Å². The molecule has 1 saturated heterocycles. The number of nitrogens with two attached hydrogens (primary N) is 1. The number of nitrogens with zero attached hydrogens (tertiary/aromatic N) is 2. The molecule has 0 saturated carbocycles. The first-order chi connectivity index (χ1) is 17.2. The molecule has 0 aliphatic carbocycles. The normalized spacial score (nSPS) is 16.4. The maximum atomic E-state index is 13.7. The van der Waals surface area contributed by atoms with E-state index in [4.69, 9.17) is 15.2 Å². The van der Waals surface area contributed by atoms with Crippen LogP contribution >= 0.6 is 11.3 Å². The molecular formula is C28H35N3O3SSi. The molecule has 0 spiro atoms. The fourth-order valence-electron chi connectivity index (χ4n) is 4.74. The summed E-state index contributed by atoms with van der Waals surface area (Å²) in [5.41, 5.74) is 9.33. The molecule has 3 heterocycles. The van der Waals surface area contributed by atoms with E-state index in [1.54, 1.807) is 23.0 Å². The van der Waals surface area contributed by atoms with Crippen LogP contribution in [-0.4, -0.2) is 45.5 Å². The average Bonchev–Trinajstić information content (AvgIpc) is 3.50. The third kappa shape index (κ3) is 5.09. The number of thiophene rings is 1. The van der Waals surface area contributed by atoms with E-state index >= 15 is 0 Å². The van der Waals surface area contributed by atoms with Crippen LogP contribution in [0.5, 0.6) is 5.75 Å². The molecule has 2 N–H and O–H groups in total. The van der Waals surface area contributed by atoms with Crippen molar-refractivity contribution in [2.24, 2.45) is 5.73 Å². The Labute approximate surface area is 217 Å². The number of pyridine rings is 1. The lowest BCUT2D eigenvalue weighted by Crippen LogP contribution is -2.26. The van der Waals surface area contributed by atoms with Crippen LogP contribution in [0.4, 0.5) is 5.69 Å². The Hall–Kier alpha value is -2.65. The second-order valence-corrected chi connectivity index (χ2v) is 17.5. The van der Waals surface area contributed by atoms with Crippen LogP contribution in [0, 0.1) is 0 Å². The highest BCUT2D eigenvalue weighted by Crippen LogP contribution is 2.37. The maximum Gasteiger partial charge on any atom is 0.270 e. The summed E-state index contributed by atoms with van der Waals surface area (Å²) in [5, 5.41) is 2.07. The van der Waals surface area contributed by atoms with E-state index in [9.17, 15) is 4.79 Å². The SMILES string of the molecule is COc1ccc(-c2cc3c(s2)c(=O)n(COCC[Si](C)(C)C)c2ccc(N4CC[C@H](N)C4)cc32)cc1. The molecule has 0 radical (unpaired) electrons. The van der Waals surface area contributed by atoms with Gasteiger partial charge in [0.15, 0.2) is 0 Å². The van der Waals surface area contributed by atoms with Crippen molar-refractivity contribution in [3.8, 4) is 16.2 Å². The largest absolute Gasteiger partial charge is 0.497 e. The van der Waals surface area contributed by atoms with Crippen LogP contribution in [0.1, 0.15) is 6.42 Å². The van der Waals surface area contributed by atoms with Gasteiger partial charge in [0.05, 0.1) is 12.6 Å². The van der Waals surface area contributed by atoms with E-state index < -0.39 is 8.07 Å². The van der Waals surface area contributed by atoms with E-state index in [1.807, 2.05) is 24.3 Å². The van der Waals surface area contributed by atoms with Crippen LogP contribution in [0.3, 0.4) is 0 Å². The molecule has 1 fully saturated rings. The highest BCUT2D eigenvalue weighted by Gasteiger charge is 2.21. The van der Waals surface area contributed by atoms with Crippen LogP contribution in [0.15, 0.2) is 53.3 Å². The summed E-state index contributed by atoms with van der Waals surface area (Å²) in [6.45, 7) is 9.75. The van der Waals surface area contributed by atoms with Crippen LogP contribution in [0.25, 0.3) is 31.4 Å². The maximum absolute atomic E-state index is 13.7. The number of hydrogen-bond acceptors (Lipinski definition) is 6. The number of ether oxygens (including phenoxy) is 2. The molecule has 1 aliphatic rings. The molecule has 5 rings (SSSR count). The van der Waals surface area contributed by atoms with Gasteiger partial charge in [-0.1, -0.05) is 19.6 Å². The standard InChI is InChI=1S/C28H35N3O3SSi/c1-33-22-8-5-19(6-9-22)26-16-24-23-15-21(30-12-11-20(29)17-30)7-10-25(23)31(28(32)27(24)35-26)18-34-13-14-36(2,3)4/h5-10,15-16,20H,11-14,17-18,29H2,1-4H3/t20-/m0/s1. The fraction of sp³-hybridized carbons (Fsp3) is 0.393. The number of methoxy groups -OCH3 is 1. The molecular weight excluding hydrogens is 486 g/mol. The topological polar surface area (TPSA) is 69.7 Å². The van der Waals surface area contributed by atoms with Crippen molar-refractivity contribution < 1.29 is 9.47 Å². The number of anilines is 1. The summed E-state index contributed by atoms with van der Waals surface area (Å²) in [4.78, 5) is 17.1. The minimum absolute atomic E-state index is 0.00575. The van der Waals surface area contributed by atoms with Gasteiger partial charge >= 0.3 is 0 Å². The third-order valence-electron chi connectivity index (χ3n) is 6.91. The zero-order chi connectivity index (χ0) is 25.4. The minimum atomic E-state index is -1.21. The van der Waals surface area contributed by atoms with E-state index in [0.717, 1.165) is 68.4 Å². The van der Waals surface area contributed by atoms with Gasteiger partial charge in [-0.15, -0.1) is 11.3 Å². The molecule has 6 nitrogen and oxygen atoms in total. The Morgan fingerprint density at radius 2 is 1.86 bits per heavy atom. The highest BCUT2D eigenvalue weighted by molar-refractivity contribution is 7.22. The van der Waals surface area contributed by atoms with Crippen molar-refractivity contribution in [1.82, 2.24) is 4.57 Å². The smallest absolute Gasteiger partial charge is 0.270 e. The Morgan fingerprint density at radius 3 is 2.53 bits per heavy atom. The molecule has 190 valence electrons. The predicted molar refractivity (Wildman–Crippen MR) is 154 cm³/mol. The van der Waals surface area contributed by atoms with Gasteiger partial charge in [0.1, 0.15) is 17.2 Å². The lowest BCUT2D eigenvalue weighted by Gasteiger charge is -2.20. The number of fused-ring (bicyclic) bond motifs is 3. The summed E-state index contributed by atoms with van der Waals surface area (Å²) in [6, 6.07) is 17.8. The summed E-state index contributed by atoms with van der Waals surface area (Å²) in [5.74, 6) is 0.816. The van der Waals surface area contributed by atoms with Crippen LogP contribution in [0.2, 0.25) is 25.7 Å². The Bertz CT molecular complexity index is 1440. The monoisotopic (exact) mass is 521 g/mol. The molecule has 2 aromatic carbocycles. The van der Waals surface area contributed by atoms with Gasteiger partial charge in [-0.05, 0) is 66.6 Å². The van der Waals surface area contributed by atoms with Crippen molar-refractivity contribution in [1.29, 1.82) is 0 Å². The first-order valence-electron chi connectivity index (χ1n) is 12.6. The van der Waals surface area contributed by atoms with Crippen molar-refractivity contribution in [2.45, 2.75) is 44.9 Å². The molecule has 0 bridgehead atoms. The van der Waals surface area contributed by atoms with Gasteiger partial charge in [-0.25, -0.2) is 0 Å². The lowest BCUT2D eigenvalue weighted by molar-refractivity contribution is 0.0882. The third-order valence-corrected chi connectivity index (χ3v) is 9.79. The Morgan fingerprint density at radius 1 is 1.08 bits per heavy atom. The van der Waals surface area contributed by atoms with Gasteiger partial charge in [0.25, 0.3) is 5.56 Å². The number of aromatic nitrogens is 1. The molecule has 8 heteroatoms. The summed E-state index contributed by atoms with van der Waals surface area (Å²) < 4.78 is 13.9. The number of hydrogen-bond donors (Lipinski definition) is 1. The quantitative estimate of drug-likeness (QED) is 0.236. The predicted octanol–water partition coefficient (Wildman–Crippen LogP) is 5.74. The molecule has 2 aromatic heterocycles. The average molecular weight is 522 g/mol. The lowest BCUT2D eigenvalue weighted by atomic mass is 10.1. The van der Waals surface area contributed by atoms with Gasteiger partial charge in [0, 0.05) is 55.1 Å². The minimum Gasteiger partial charge on any atom is -0.497 e. The van der Waals surface area contributed by atoms with E-state index in [0.29, 0.717) is 6.61 Å². The van der Waals surface area contributed by atoms with Gasteiger partial charge < -0.3 is 20.1 Å². The summed E-state index contributed by atoms with van der Waals surface area (Å²) >= 11 is 1.54. The molecule has 0 unspecified atom stereocenters. The van der Waals surface area contributed by atoms with Crippen molar-refractivity contribution in [2.75, 3.05) is 31.7 Å². The number of benzene rings is 2. The molecule has 36 heavy (non-hydrogen) atoms. The summed E-state index contributed by atoms with van der Waals surface area (Å²) in [7, 11) is 0.456. The molecule has 1 atom stereocenters. The molecule has 1 aliphatic heterocycles. The summed E-state index contributed by atoms with van der Waals surface area (Å²) in [6.07, 6.45) is 0.998. The zero-order valence-electron chi connectivity index (χ0n) is 21.5.